The molecular weight excluding hydrogens is 322 g/mol. The highest BCUT2D eigenvalue weighted by atomic mass is 32.2. The van der Waals surface area contributed by atoms with E-state index in [1.54, 1.807) is 12.1 Å². The lowest BCUT2D eigenvalue weighted by atomic mass is 9.96. The number of rotatable bonds is 5. The molecular formula is C19H31NO3S. The maximum Gasteiger partial charge on any atom is 0.338 e. The molecule has 5 heteroatoms. The van der Waals surface area contributed by atoms with E-state index in [-0.39, 0.29) is 22.7 Å². The molecule has 0 aliphatic heterocycles. The zero-order valence-corrected chi connectivity index (χ0v) is 16.9. The van der Waals surface area contributed by atoms with E-state index in [1.165, 1.54) is 0 Å². The molecule has 2 unspecified atom stereocenters. The summed E-state index contributed by atoms with van der Waals surface area (Å²) >= 11 is -1.16. The summed E-state index contributed by atoms with van der Waals surface area (Å²) in [4.78, 5) is 12.1. The fourth-order valence-electron chi connectivity index (χ4n) is 2.04. The molecule has 136 valence electrons. The summed E-state index contributed by atoms with van der Waals surface area (Å²) in [5.74, 6) is -0.0648. The van der Waals surface area contributed by atoms with Gasteiger partial charge in [-0.15, -0.1) is 4.72 Å². The number of esters is 1. The van der Waals surface area contributed by atoms with Gasteiger partial charge >= 0.3 is 5.97 Å². The Morgan fingerprint density at radius 3 is 1.96 bits per heavy atom. The Kier molecular flexibility index (Phi) is 6.91. The first kappa shape index (κ1) is 21.0. The molecule has 1 N–H and O–H groups in total. The van der Waals surface area contributed by atoms with E-state index < -0.39 is 17.0 Å². The van der Waals surface area contributed by atoms with Gasteiger partial charge in [0.1, 0.15) is 10.3 Å². The van der Waals surface area contributed by atoms with E-state index in [9.17, 15) is 9.35 Å². The van der Waals surface area contributed by atoms with Gasteiger partial charge in [0.25, 0.3) is 0 Å². The van der Waals surface area contributed by atoms with Gasteiger partial charge in [-0.3, -0.25) is 0 Å². The minimum absolute atomic E-state index is 0.0438. The van der Waals surface area contributed by atoms with Crippen molar-refractivity contribution in [2.75, 3.05) is 0 Å². The second-order valence-corrected chi connectivity index (χ2v) is 10.3. The van der Waals surface area contributed by atoms with E-state index in [1.807, 2.05) is 53.7 Å². The van der Waals surface area contributed by atoms with E-state index in [2.05, 4.69) is 18.6 Å². The normalized spacial score (nSPS) is 15.2. The average Bonchev–Trinajstić information content (AvgIpc) is 2.41. The molecule has 1 aromatic carbocycles. The third-order valence-electron chi connectivity index (χ3n) is 3.36. The molecule has 0 fully saturated rings. The third kappa shape index (κ3) is 6.46. The largest absolute Gasteiger partial charge is 0.598 e. The van der Waals surface area contributed by atoms with Crippen LogP contribution in [0.2, 0.25) is 0 Å². The molecule has 0 aliphatic carbocycles. The van der Waals surface area contributed by atoms with Crippen LogP contribution in [0.1, 0.15) is 77.4 Å². The van der Waals surface area contributed by atoms with Gasteiger partial charge in [0.15, 0.2) is 0 Å². The van der Waals surface area contributed by atoms with Crippen LogP contribution in [0.25, 0.3) is 0 Å². The summed E-state index contributed by atoms with van der Waals surface area (Å²) in [5, 5.41) is 0. The minimum Gasteiger partial charge on any atom is -0.598 e. The average molecular weight is 354 g/mol. The van der Waals surface area contributed by atoms with Crippen molar-refractivity contribution in [3.63, 3.8) is 0 Å². The number of benzene rings is 1. The van der Waals surface area contributed by atoms with Gasteiger partial charge in [-0.1, -0.05) is 26.0 Å². The second-order valence-electron chi connectivity index (χ2n) is 8.34. The van der Waals surface area contributed by atoms with Crippen molar-refractivity contribution in [2.45, 2.75) is 71.8 Å². The van der Waals surface area contributed by atoms with Crippen molar-refractivity contribution in [1.29, 1.82) is 0 Å². The Hall–Kier alpha value is -1.04. The Bertz CT molecular complexity index is 541. The number of carbonyl (C=O) groups excluding carboxylic acids is 1. The molecule has 4 nitrogen and oxygen atoms in total. The van der Waals surface area contributed by atoms with E-state index in [4.69, 9.17) is 4.74 Å². The first-order chi connectivity index (χ1) is 10.8. The van der Waals surface area contributed by atoms with Crippen LogP contribution in [0.3, 0.4) is 0 Å². The molecule has 0 amide bonds. The third-order valence-corrected chi connectivity index (χ3v) is 4.94. The molecule has 0 spiro atoms. The lowest BCUT2D eigenvalue weighted by Gasteiger charge is -2.30. The quantitative estimate of drug-likeness (QED) is 0.630. The molecule has 0 bridgehead atoms. The summed E-state index contributed by atoms with van der Waals surface area (Å²) in [6, 6.07) is 7.28. The molecule has 0 saturated carbocycles. The number of ether oxygens (including phenoxy) is 1. The number of nitrogens with one attached hydrogen (secondary N) is 1. The summed E-state index contributed by atoms with van der Waals surface area (Å²) < 4.78 is 20.7. The summed E-state index contributed by atoms with van der Waals surface area (Å²) in [6.45, 7) is 15.5. The lowest BCUT2D eigenvalue weighted by molar-refractivity contribution is 0.00695. The Balaban J connectivity index is 2.93. The highest BCUT2D eigenvalue weighted by molar-refractivity contribution is 7.90. The SMILES string of the molecule is CC(C)C(N[S+]([O-])C(C)(C)C)c1ccc(C(=O)OC(C)(C)C)cc1. The Labute approximate surface area is 149 Å². The molecule has 1 rings (SSSR count). The van der Waals surface area contributed by atoms with E-state index in [0.29, 0.717) is 5.56 Å². The molecule has 0 aromatic heterocycles. The second kappa shape index (κ2) is 7.89. The van der Waals surface area contributed by atoms with Crippen LogP contribution in [0.15, 0.2) is 24.3 Å². The van der Waals surface area contributed by atoms with Crippen LogP contribution < -0.4 is 4.72 Å². The Morgan fingerprint density at radius 1 is 1.08 bits per heavy atom. The first-order valence-corrected chi connectivity index (χ1v) is 9.47. The van der Waals surface area contributed by atoms with Gasteiger partial charge in [-0.2, -0.15) is 0 Å². The van der Waals surface area contributed by atoms with Crippen molar-refractivity contribution < 1.29 is 14.1 Å². The molecule has 1 aromatic rings. The van der Waals surface area contributed by atoms with Gasteiger partial charge in [0.2, 0.25) is 0 Å². The van der Waals surface area contributed by atoms with Crippen LogP contribution in [0, 0.1) is 5.92 Å². The molecule has 0 radical (unpaired) electrons. The van der Waals surface area contributed by atoms with Gasteiger partial charge in [-0.25, -0.2) is 4.79 Å². The van der Waals surface area contributed by atoms with Crippen molar-refractivity contribution in [3.8, 4) is 0 Å². The van der Waals surface area contributed by atoms with Crippen molar-refractivity contribution in [2.24, 2.45) is 5.92 Å². The Morgan fingerprint density at radius 2 is 1.58 bits per heavy atom. The molecule has 0 heterocycles. The molecule has 2 atom stereocenters. The standard InChI is InChI=1S/C19H31NO3S/c1-13(2)16(20-24(22)19(6,7)8)14-9-11-15(12-10-14)17(21)23-18(3,4)5/h9-13,16,20H,1-8H3. The van der Waals surface area contributed by atoms with Crippen molar-refractivity contribution in [1.82, 2.24) is 4.72 Å². The first-order valence-electron chi connectivity index (χ1n) is 8.32. The number of hydrogen-bond donors (Lipinski definition) is 1. The maximum atomic E-state index is 12.4. The van der Waals surface area contributed by atoms with Gasteiger partial charge < -0.3 is 9.29 Å². The highest BCUT2D eigenvalue weighted by Crippen LogP contribution is 2.26. The monoisotopic (exact) mass is 353 g/mol. The molecule has 24 heavy (non-hydrogen) atoms. The van der Waals surface area contributed by atoms with Crippen LogP contribution in [-0.4, -0.2) is 20.9 Å². The summed E-state index contributed by atoms with van der Waals surface area (Å²) in [5.41, 5.74) is 1.02. The van der Waals surface area contributed by atoms with Gasteiger partial charge in [0.05, 0.1) is 11.6 Å². The van der Waals surface area contributed by atoms with Crippen molar-refractivity contribution >= 4 is 17.3 Å². The van der Waals surface area contributed by atoms with Gasteiger partial charge in [0, 0.05) is 11.4 Å². The number of hydrogen-bond acceptors (Lipinski definition) is 4. The summed E-state index contributed by atoms with van der Waals surface area (Å²) in [6.07, 6.45) is 0. The maximum absolute atomic E-state index is 12.4. The fraction of sp³-hybridized carbons (Fsp3) is 0.632. The highest BCUT2D eigenvalue weighted by Gasteiger charge is 2.31. The summed E-state index contributed by atoms with van der Waals surface area (Å²) in [7, 11) is 0. The molecule has 0 aliphatic rings. The van der Waals surface area contributed by atoms with Crippen LogP contribution >= 0.6 is 0 Å². The smallest absolute Gasteiger partial charge is 0.338 e. The van der Waals surface area contributed by atoms with E-state index in [0.717, 1.165) is 5.56 Å². The number of carbonyl (C=O) groups is 1. The van der Waals surface area contributed by atoms with Gasteiger partial charge in [-0.05, 0) is 65.2 Å². The zero-order chi connectivity index (χ0) is 18.7. The zero-order valence-electron chi connectivity index (χ0n) is 16.1. The molecule has 0 saturated heterocycles. The van der Waals surface area contributed by atoms with Crippen LogP contribution in [0.4, 0.5) is 0 Å². The van der Waals surface area contributed by atoms with E-state index >= 15 is 0 Å². The lowest BCUT2D eigenvalue weighted by Crippen LogP contribution is -2.42. The van der Waals surface area contributed by atoms with Crippen molar-refractivity contribution in [3.05, 3.63) is 35.4 Å². The minimum atomic E-state index is -1.16. The van der Waals surface area contributed by atoms with Crippen LogP contribution in [0.5, 0.6) is 0 Å². The fourth-order valence-corrected chi connectivity index (χ4v) is 3.04. The predicted molar refractivity (Wildman–Crippen MR) is 100 cm³/mol. The van der Waals surface area contributed by atoms with Crippen LogP contribution in [-0.2, 0) is 16.1 Å². The topological polar surface area (TPSA) is 61.4 Å². The predicted octanol–water partition coefficient (Wildman–Crippen LogP) is 4.39.